The van der Waals surface area contributed by atoms with Crippen LogP contribution in [0.15, 0.2) is 24.3 Å². The summed E-state index contributed by atoms with van der Waals surface area (Å²) in [4.78, 5) is 2.58. The van der Waals surface area contributed by atoms with Crippen molar-refractivity contribution in [2.24, 2.45) is 0 Å². The monoisotopic (exact) mass is 290 g/mol. The van der Waals surface area contributed by atoms with Crippen molar-refractivity contribution < 1.29 is 4.74 Å². The zero-order chi connectivity index (χ0) is 15.3. The Bertz CT molecular complexity index is 421. The average Bonchev–Trinajstić information content (AvgIpc) is 2.53. The molecule has 0 aliphatic carbocycles. The van der Waals surface area contributed by atoms with Crippen LogP contribution in [0.3, 0.4) is 0 Å². The van der Waals surface area contributed by atoms with E-state index in [1.165, 1.54) is 18.4 Å². The molecule has 1 aliphatic rings. The second-order valence-corrected chi connectivity index (χ2v) is 6.44. The Morgan fingerprint density at radius 3 is 2.38 bits per heavy atom. The van der Waals surface area contributed by atoms with Gasteiger partial charge in [0.2, 0.25) is 0 Å². The molecule has 1 aliphatic heterocycles. The summed E-state index contributed by atoms with van der Waals surface area (Å²) in [5.74, 6) is 0.981. The van der Waals surface area contributed by atoms with E-state index in [0.717, 1.165) is 31.9 Å². The third kappa shape index (κ3) is 4.21. The summed E-state index contributed by atoms with van der Waals surface area (Å²) in [5, 5.41) is 3.46. The maximum absolute atomic E-state index is 5.66. The minimum Gasteiger partial charge on any atom is -0.494 e. The molecule has 0 spiro atoms. The molecule has 3 heteroatoms. The van der Waals surface area contributed by atoms with Gasteiger partial charge >= 0.3 is 0 Å². The summed E-state index contributed by atoms with van der Waals surface area (Å²) in [6.07, 6.45) is 3.48. The van der Waals surface area contributed by atoms with Gasteiger partial charge in [-0.3, -0.25) is 4.90 Å². The first-order chi connectivity index (χ1) is 10.1. The van der Waals surface area contributed by atoms with E-state index in [1.54, 1.807) is 0 Å². The van der Waals surface area contributed by atoms with Crippen molar-refractivity contribution in [1.82, 2.24) is 10.2 Å². The van der Waals surface area contributed by atoms with Gasteiger partial charge in [-0.05, 0) is 57.9 Å². The summed E-state index contributed by atoms with van der Waals surface area (Å²) in [5.41, 5.74) is 1.69. The summed E-state index contributed by atoms with van der Waals surface area (Å²) < 4.78 is 5.66. The zero-order valence-electron chi connectivity index (χ0n) is 14.0. The van der Waals surface area contributed by atoms with Gasteiger partial charge in [0, 0.05) is 24.7 Å². The van der Waals surface area contributed by atoms with Crippen LogP contribution in [-0.2, 0) is 0 Å². The van der Waals surface area contributed by atoms with Crippen LogP contribution < -0.4 is 10.1 Å². The lowest BCUT2D eigenvalue weighted by Gasteiger charge is -2.42. The number of piperidine rings is 1. The lowest BCUT2D eigenvalue weighted by molar-refractivity contribution is 0.117. The van der Waals surface area contributed by atoms with Gasteiger partial charge < -0.3 is 10.1 Å². The summed E-state index contributed by atoms with van der Waals surface area (Å²) >= 11 is 0. The number of nitrogens with zero attached hydrogens (tertiary/aromatic N) is 1. The summed E-state index contributed by atoms with van der Waals surface area (Å²) in [7, 11) is 2.08. The number of likely N-dealkylation sites (tertiary alicyclic amines) is 1. The SMILES string of the molecule is CCCOc1ccc(C(C)N2CCC(C)(NC)CC2)cc1. The van der Waals surface area contributed by atoms with Crippen LogP contribution in [0.2, 0.25) is 0 Å². The maximum atomic E-state index is 5.66. The minimum atomic E-state index is 0.314. The van der Waals surface area contributed by atoms with Gasteiger partial charge in [-0.15, -0.1) is 0 Å². The first kappa shape index (κ1) is 16.3. The van der Waals surface area contributed by atoms with Crippen LogP contribution >= 0.6 is 0 Å². The topological polar surface area (TPSA) is 24.5 Å². The molecular formula is C18H30N2O. The van der Waals surface area contributed by atoms with Gasteiger partial charge in [0.05, 0.1) is 6.61 Å². The molecule has 2 rings (SSSR count). The Labute approximate surface area is 129 Å². The van der Waals surface area contributed by atoms with Gasteiger partial charge in [0.25, 0.3) is 0 Å². The molecule has 1 fully saturated rings. The van der Waals surface area contributed by atoms with E-state index in [9.17, 15) is 0 Å². The van der Waals surface area contributed by atoms with Crippen LogP contribution in [0, 0.1) is 0 Å². The van der Waals surface area contributed by atoms with Crippen LogP contribution in [-0.4, -0.2) is 37.2 Å². The van der Waals surface area contributed by atoms with Crippen molar-refractivity contribution in [3.63, 3.8) is 0 Å². The van der Waals surface area contributed by atoms with E-state index in [-0.39, 0.29) is 0 Å². The summed E-state index contributed by atoms with van der Waals surface area (Å²) in [6, 6.07) is 9.10. The Morgan fingerprint density at radius 2 is 1.86 bits per heavy atom. The van der Waals surface area contributed by atoms with E-state index in [1.807, 2.05) is 0 Å². The number of ether oxygens (including phenoxy) is 1. The first-order valence-corrected chi connectivity index (χ1v) is 8.24. The number of nitrogens with one attached hydrogen (secondary N) is 1. The van der Waals surface area contributed by atoms with Gasteiger partial charge in [0.15, 0.2) is 0 Å². The predicted molar refractivity (Wildman–Crippen MR) is 88.9 cm³/mol. The molecule has 1 heterocycles. The standard InChI is InChI=1S/C18H30N2O/c1-5-14-21-17-8-6-16(7-9-17)15(2)20-12-10-18(3,19-4)11-13-20/h6-9,15,19H,5,10-14H2,1-4H3. The van der Waals surface area contributed by atoms with Crippen LogP contribution in [0.5, 0.6) is 5.75 Å². The molecule has 0 radical (unpaired) electrons. The number of hydrogen-bond donors (Lipinski definition) is 1. The van der Waals surface area contributed by atoms with Crippen molar-refractivity contribution in [3.8, 4) is 5.75 Å². The number of benzene rings is 1. The third-order valence-corrected chi connectivity index (χ3v) is 4.89. The highest BCUT2D eigenvalue weighted by Crippen LogP contribution is 2.29. The molecule has 1 aromatic carbocycles. The molecule has 0 amide bonds. The zero-order valence-corrected chi connectivity index (χ0v) is 14.0. The van der Waals surface area contributed by atoms with Crippen LogP contribution in [0.1, 0.15) is 51.6 Å². The molecule has 1 atom stereocenters. The van der Waals surface area contributed by atoms with Crippen molar-refractivity contribution in [2.75, 3.05) is 26.7 Å². The van der Waals surface area contributed by atoms with Gasteiger partial charge in [-0.25, -0.2) is 0 Å². The maximum Gasteiger partial charge on any atom is 0.119 e. The fourth-order valence-electron chi connectivity index (χ4n) is 2.93. The molecule has 0 bridgehead atoms. The normalized spacial score (nSPS) is 20.2. The summed E-state index contributed by atoms with van der Waals surface area (Å²) in [6.45, 7) is 9.88. The van der Waals surface area contributed by atoms with Gasteiger partial charge in [0.1, 0.15) is 5.75 Å². The second-order valence-electron chi connectivity index (χ2n) is 6.44. The van der Waals surface area contributed by atoms with Crippen LogP contribution in [0.25, 0.3) is 0 Å². The predicted octanol–water partition coefficient (Wildman–Crippen LogP) is 3.61. The molecule has 0 aromatic heterocycles. The van der Waals surface area contributed by atoms with E-state index < -0.39 is 0 Å². The lowest BCUT2D eigenvalue weighted by Crippen LogP contribution is -2.50. The van der Waals surface area contributed by atoms with Crippen molar-refractivity contribution in [2.45, 2.75) is 51.6 Å². The Balaban J connectivity index is 1.93. The number of hydrogen-bond acceptors (Lipinski definition) is 3. The van der Waals surface area contributed by atoms with E-state index in [0.29, 0.717) is 11.6 Å². The highest BCUT2D eigenvalue weighted by Gasteiger charge is 2.30. The highest BCUT2D eigenvalue weighted by molar-refractivity contribution is 5.29. The molecule has 21 heavy (non-hydrogen) atoms. The van der Waals surface area contributed by atoms with Gasteiger partial charge in [-0.2, -0.15) is 0 Å². The molecule has 1 saturated heterocycles. The van der Waals surface area contributed by atoms with E-state index in [4.69, 9.17) is 4.74 Å². The molecule has 118 valence electrons. The second kappa shape index (κ2) is 7.28. The average molecular weight is 290 g/mol. The molecular weight excluding hydrogens is 260 g/mol. The Morgan fingerprint density at radius 1 is 1.24 bits per heavy atom. The van der Waals surface area contributed by atoms with Gasteiger partial charge in [-0.1, -0.05) is 19.1 Å². The van der Waals surface area contributed by atoms with Crippen molar-refractivity contribution in [3.05, 3.63) is 29.8 Å². The lowest BCUT2D eigenvalue weighted by atomic mass is 9.88. The quantitative estimate of drug-likeness (QED) is 0.866. The van der Waals surface area contributed by atoms with Crippen LogP contribution in [0.4, 0.5) is 0 Å². The van der Waals surface area contributed by atoms with E-state index >= 15 is 0 Å². The molecule has 1 unspecified atom stereocenters. The number of rotatable bonds is 6. The fraction of sp³-hybridized carbons (Fsp3) is 0.667. The van der Waals surface area contributed by atoms with Crippen molar-refractivity contribution >= 4 is 0 Å². The third-order valence-electron chi connectivity index (χ3n) is 4.89. The smallest absolute Gasteiger partial charge is 0.119 e. The molecule has 1 N–H and O–H groups in total. The highest BCUT2D eigenvalue weighted by atomic mass is 16.5. The first-order valence-electron chi connectivity index (χ1n) is 8.24. The van der Waals surface area contributed by atoms with Crippen molar-refractivity contribution in [1.29, 1.82) is 0 Å². The Hall–Kier alpha value is -1.06. The fourth-order valence-corrected chi connectivity index (χ4v) is 2.93. The Kier molecular flexibility index (Phi) is 5.65. The van der Waals surface area contributed by atoms with E-state index in [2.05, 4.69) is 62.3 Å². The molecule has 1 aromatic rings. The largest absolute Gasteiger partial charge is 0.494 e. The minimum absolute atomic E-state index is 0.314. The molecule has 3 nitrogen and oxygen atoms in total. The molecule has 0 saturated carbocycles.